The smallest absolute Gasteiger partial charge is 0.358 e. The van der Waals surface area contributed by atoms with Crippen LogP contribution in [-0.4, -0.2) is 50.5 Å². The van der Waals surface area contributed by atoms with E-state index in [0.29, 0.717) is 5.69 Å². The highest BCUT2D eigenvalue weighted by atomic mass is 16.4. The van der Waals surface area contributed by atoms with Crippen LogP contribution in [0.15, 0.2) is 18.2 Å². The van der Waals surface area contributed by atoms with Crippen LogP contribution < -0.4 is 5.32 Å². The normalized spacial score (nSPS) is 13.2. The maximum absolute atomic E-state index is 12.5. The summed E-state index contributed by atoms with van der Waals surface area (Å²) in [6.07, 6.45) is 0. The van der Waals surface area contributed by atoms with E-state index in [1.54, 1.807) is 14.0 Å². The molecule has 1 aliphatic heterocycles. The monoisotopic (exact) mass is 342 g/mol. The van der Waals surface area contributed by atoms with E-state index in [0.717, 1.165) is 4.90 Å². The highest BCUT2D eigenvalue weighted by Gasteiger charge is 2.33. The summed E-state index contributed by atoms with van der Waals surface area (Å²) in [4.78, 5) is 48.6. The molecule has 0 radical (unpaired) electrons. The fourth-order valence-electron chi connectivity index (χ4n) is 2.60. The lowest BCUT2D eigenvalue weighted by atomic mass is 10.1. The van der Waals surface area contributed by atoms with Crippen molar-refractivity contribution in [2.45, 2.75) is 6.92 Å². The van der Waals surface area contributed by atoms with Gasteiger partial charge < -0.3 is 10.4 Å². The van der Waals surface area contributed by atoms with E-state index in [4.69, 9.17) is 0 Å². The third kappa shape index (κ3) is 2.45. The highest BCUT2D eigenvalue weighted by Crippen LogP contribution is 2.24. The molecule has 0 saturated carbocycles. The Morgan fingerprint density at radius 2 is 1.76 bits per heavy atom. The zero-order valence-electron chi connectivity index (χ0n) is 13.7. The number of carboxylic acids is 1. The van der Waals surface area contributed by atoms with Crippen molar-refractivity contribution in [3.63, 3.8) is 0 Å². The van der Waals surface area contributed by atoms with E-state index in [1.807, 2.05) is 0 Å². The number of carbonyl (C=O) groups is 4. The number of hydrogen-bond donors (Lipinski definition) is 2. The van der Waals surface area contributed by atoms with Crippen molar-refractivity contribution >= 4 is 29.4 Å². The molecular formula is C16H14N4O5. The summed E-state index contributed by atoms with van der Waals surface area (Å²) >= 11 is 0. The van der Waals surface area contributed by atoms with E-state index >= 15 is 0 Å². The first kappa shape index (κ1) is 16.4. The molecule has 1 aromatic carbocycles. The summed E-state index contributed by atoms with van der Waals surface area (Å²) < 4.78 is 1.35. The molecule has 2 aromatic rings. The predicted octanol–water partition coefficient (Wildman–Crippen LogP) is 0.905. The van der Waals surface area contributed by atoms with Crippen LogP contribution in [-0.2, 0) is 7.05 Å². The number of amides is 3. The second-order valence-electron chi connectivity index (χ2n) is 5.62. The SMILES string of the molecule is Cc1c(NC(=O)c2ccc3c(c2)C(=O)N(C)C3=O)c(C(=O)O)nn1C. The number of rotatable bonds is 3. The summed E-state index contributed by atoms with van der Waals surface area (Å²) in [5, 5.41) is 15.5. The average molecular weight is 342 g/mol. The van der Waals surface area contributed by atoms with Gasteiger partial charge in [0, 0.05) is 19.7 Å². The van der Waals surface area contributed by atoms with E-state index in [1.165, 1.54) is 29.9 Å². The number of nitrogens with zero attached hydrogens (tertiary/aromatic N) is 3. The molecule has 1 aliphatic rings. The van der Waals surface area contributed by atoms with E-state index in [2.05, 4.69) is 10.4 Å². The molecule has 9 nitrogen and oxygen atoms in total. The third-order valence-corrected chi connectivity index (χ3v) is 4.13. The van der Waals surface area contributed by atoms with Crippen LogP contribution in [0.1, 0.15) is 47.3 Å². The van der Waals surface area contributed by atoms with Gasteiger partial charge in [0.1, 0.15) is 0 Å². The van der Waals surface area contributed by atoms with Crippen LogP contribution in [0, 0.1) is 6.92 Å². The van der Waals surface area contributed by atoms with Gasteiger partial charge in [-0.2, -0.15) is 5.10 Å². The van der Waals surface area contributed by atoms with Gasteiger partial charge >= 0.3 is 5.97 Å². The molecule has 0 atom stereocenters. The molecule has 128 valence electrons. The molecule has 3 rings (SSSR count). The largest absolute Gasteiger partial charge is 0.476 e. The van der Waals surface area contributed by atoms with Crippen molar-refractivity contribution < 1.29 is 24.3 Å². The Labute approximate surface area is 141 Å². The minimum Gasteiger partial charge on any atom is -0.476 e. The fraction of sp³-hybridized carbons (Fsp3) is 0.188. The number of aryl methyl sites for hydroxylation is 1. The summed E-state index contributed by atoms with van der Waals surface area (Å²) in [6, 6.07) is 4.13. The molecule has 2 N–H and O–H groups in total. The van der Waals surface area contributed by atoms with Crippen molar-refractivity contribution in [3.8, 4) is 0 Å². The molecule has 25 heavy (non-hydrogen) atoms. The lowest BCUT2D eigenvalue weighted by Gasteiger charge is -2.06. The average Bonchev–Trinajstić information content (AvgIpc) is 2.98. The zero-order chi connectivity index (χ0) is 18.5. The van der Waals surface area contributed by atoms with Gasteiger partial charge in [0.15, 0.2) is 5.69 Å². The number of benzene rings is 1. The Hall–Kier alpha value is -3.49. The standard InChI is InChI=1S/C16H14N4O5/c1-7-11(12(16(24)25)18-20(7)3)17-13(21)8-4-5-9-10(6-8)15(23)19(2)14(9)22/h4-6H,1-3H3,(H,17,21)(H,24,25). The van der Waals surface area contributed by atoms with E-state index < -0.39 is 23.7 Å². The number of nitrogens with one attached hydrogen (secondary N) is 1. The first-order chi connectivity index (χ1) is 11.7. The Morgan fingerprint density at radius 1 is 1.12 bits per heavy atom. The van der Waals surface area contributed by atoms with Gasteiger partial charge in [-0.25, -0.2) is 4.79 Å². The van der Waals surface area contributed by atoms with Crippen LogP contribution in [0.3, 0.4) is 0 Å². The van der Waals surface area contributed by atoms with Crippen LogP contribution in [0.25, 0.3) is 0 Å². The first-order valence-electron chi connectivity index (χ1n) is 7.27. The minimum absolute atomic E-state index is 0.0834. The molecule has 0 unspecified atom stereocenters. The molecule has 1 aromatic heterocycles. The van der Waals surface area contributed by atoms with Crippen molar-refractivity contribution in [2.75, 3.05) is 12.4 Å². The first-order valence-corrected chi connectivity index (χ1v) is 7.27. The van der Waals surface area contributed by atoms with Gasteiger partial charge in [-0.05, 0) is 25.1 Å². The van der Waals surface area contributed by atoms with Crippen molar-refractivity contribution in [2.24, 2.45) is 7.05 Å². The Bertz CT molecular complexity index is 960. The van der Waals surface area contributed by atoms with Gasteiger partial charge in [-0.3, -0.25) is 24.0 Å². The minimum atomic E-state index is -1.27. The van der Waals surface area contributed by atoms with Crippen LogP contribution in [0.5, 0.6) is 0 Å². The number of imide groups is 1. The Balaban J connectivity index is 1.96. The molecule has 0 saturated heterocycles. The quantitative estimate of drug-likeness (QED) is 0.800. The molecule has 0 bridgehead atoms. The summed E-state index contributed by atoms with van der Waals surface area (Å²) in [5.74, 6) is -2.78. The topological polar surface area (TPSA) is 122 Å². The van der Waals surface area contributed by atoms with E-state index in [-0.39, 0.29) is 28.1 Å². The van der Waals surface area contributed by atoms with Crippen LogP contribution in [0.4, 0.5) is 5.69 Å². The zero-order valence-corrected chi connectivity index (χ0v) is 13.7. The Kier molecular flexibility index (Phi) is 3.63. The lowest BCUT2D eigenvalue weighted by Crippen LogP contribution is -2.24. The Morgan fingerprint density at radius 3 is 2.40 bits per heavy atom. The van der Waals surface area contributed by atoms with Gasteiger partial charge in [0.2, 0.25) is 0 Å². The van der Waals surface area contributed by atoms with E-state index in [9.17, 15) is 24.3 Å². The van der Waals surface area contributed by atoms with Gasteiger partial charge in [-0.15, -0.1) is 0 Å². The van der Waals surface area contributed by atoms with Gasteiger partial charge in [0.05, 0.1) is 22.5 Å². The number of aromatic carboxylic acids is 1. The molecule has 0 spiro atoms. The lowest BCUT2D eigenvalue weighted by molar-refractivity contribution is 0.0679. The van der Waals surface area contributed by atoms with Crippen molar-refractivity contribution in [3.05, 3.63) is 46.3 Å². The van der Waals surface area contributed by atoms with Crippen molar-refractivity contribution in [1.29, 1.82) is 0 Å². The number of aromatic nitrogens is 2. The second kappa shape index (κ2) is 5.55. The molecule has 0 fully saturated rings. The summed E-state index contributed by atoms with van der Waals surface area (Å²) in [5.41, 5.74) is 0.780. The van der Waals surface area contributed by atoms with Gasteiger partial charge in [0.25, 0.3) is 17.7 Å². The second-order valence-corrected chi connectivity index (χ2v) is 5.62. The van der Waals surface area contributed by atoms with Crippen LogP contribution >= 0.6 is 0 Å². The summed E-state index contributed by atoms with van der Waals surface area (Å²) in [7, 11) is 2.93. The maximum atomic E-state index is 12.5. The third-order valence-electron chi connectivity index (χ3n) is 4.13. The number of fused-ring (bicyclic) bond motifs is 1. The number of anilines is 1. The van der Waals surface area contributed by atoms with Crippen LogP contribution in [0.2, 0.25) is 0 Å². The number of carbonyl (C=O) groups excluding carboxylic acids is 3. The predicted molar refractivity (Wildman–Crippen MR) is 85.7 cm³/mol. The molecule has 3 amide bonds. The van der Waals surface area contributed by atoms with Gasteiger partial charge in [-0.1, -0.05) is 0 Å². The number of carboxylic acid groups (broad SMARTS) is 1. The fourth-order valence-corrected chi connectivity index (χ4v) is 2.60. The highest BCUT2D eigenvalue weighted by molar-refractivity contribution is 6.22. The molecule has 9 heteroatoms. The molecule has 0 aliphatic carbocycles. The van der Waals surface area contributed by atoms with Crippen molar-refractivity contribution in [1.82, 2.24) is 14.7 Å². The molecular weight excluding hydrogens is 328 g/mol. The maximum Gasteiger partial charge on any atom is 0.358 e. The summed E-state index contributed by atoms with van der Waals surface area (Å²) in [6.45, 7) is 1.62. The number of hydrogen-bond acceptors (Lipinski definition) is 5. The molecule has 2 heterocycles.